The van der Waals surface area contributed by atoms with E-state index in [1.54, 1.807) is 0 Å². The number of piperidine rings is 1. The maximum atomic E-state index is 12.5. The number of benzene rings is 1. The van der Waals surface area contributed by atoms with Gasteiger partial charge in [0.25, 0.3) is 5.91 Å². The number of H-pyrrole nitrogens is 1. The topological polar surface area (TPSA) is 48.1 Å². The summed E-state index contributed by atoms with van der Waals surface area (Å²) in [7, 11) is 0. The van der Waals surface area contributed by atoms with Gasteiger partial charge in [-0.3, -0.25) is 4.79 Å². The summed E-state index contributed by atoms with van der Waals surface area (Å²) in [5.41, 5.74) is 1.77. The Morgan fingerprint density at radius 2 is 2.35 bits per heavy atom. The number of fused-ring (bicyclic) bond motifs is 1. The average molecular weight is 271 g/mol. The van der Waals surface area contributed by atoms with Crippen molar-refractivity contribution in [2.24, 2.45) is 0 Å². The lowest BCUT2D eigenvalue weighted by Crippen LogP contribution is -2.47. The molecule has 0 saturated carbocycles. The number of rotatable bonds is 3. The molecule has 1 amide bonds. The van der Waals surface area contributed by atoms with Gasteiger partial charge in [-0.05, 0) is 44.1 Å². The van der Waals surface area contributed by atoms with Crippen LogP contribution >= 0.6 is 0 Å². The van der Waals surface area contributed by atoms with Gasteiger partial charge in [-0.15, -0.1) is 0 Å². The number of carbonyl (C=O) groups excluding carboxylic acids is 1. The van der Waals surface area contributed by atoms with Crippen molar-refractivity contribution in [3.8, 4) is 0 Å². The predicted molar refractivity (Wildman–Crippen MR) is 80.9 cm³/mol. The van der Waals surface area contributed by atoms with E-state index in [1.807, 2.05) is 30.5 Å². The lowest BCUT2D eigenvalue weighted by Gasteiger charge is -2.32. The van der Waals surface area contributed by atoms with Crippen LogP contribution in [0.25, 0.3) is 10.9 Å². The molecule has 1 aromatic heterocycles. The van der Waals surface area contributed by atoms with Crippen molar-refractivity contribution in [3.05, 3.63) is 36.0 Å². The molecular weight excluding hydrogens is 250 g/mol. The largest absolute Gasteiger partial charge is 0.361 e. The van der Waals surface area contributed by atoms with E-state index in [2.05, 4.69) is 22.1 Å². The Balaban J connectivity index is 1.74. The summed E-state index contributed by atoms with van der Waals surface area (Å²) in [6.45, 7) is 5.34. The second kappa shape index (κ2) is 5.67. The number of aromatic nitrogens is 1. The monoisotopic (exact) mass is 271 g/mol. The molecule has 0 spiro atoms. The smallest absolute Gasteiger partial charge is 0.252 e. The van der Waals surface area contributed by atoms with Gasteiger partial charge in [0.05, 0.1) is 0 Å². The first-order valence-corrected chi connectivity index (χ1v) is 7.37. The Bertz CT molecular complexity index is 605. The van der Waals surface area contributed by atoms with Crippen LogP contribution in [0.2, 0.25) is 0 Å². The van der Waals surface area contributed by atoms with Crippen LogP contribution in [-0.2, 0) is 0 Å². The Morgan fingerprint density at radius 1 is 1.45 bits per heavy atom. The molecule has 20 heavy (non-hydrogen) atoms. The number of likely N-dealkylation sites (N-methyl/N-ethyl adjacent to an activating group) is 1. The Labute approximate surface area is 119 Å². The van der Waals surface area contributed by atoms with E-state index >= 15 is 0 Å². The number of nitrogens with zero attached hydrogens (tertiary/aromatic N) is 1. The van der Waals surface area contributed by atoms with Crippen LogP contribution in [0.3, 0.4) is 0 Å². The summed E-state index contributed by atoms with van der Waals surface area (Å²) in [6.07, 6.45) is 4.11. The molecule has 4 heteroatoms. The van der Waals surface area contributed by atoms with Gasteiger partial charge in [0.15, 0.2) is 0 Å². The molecule has 2 aromatic rings. The van der Waals surface area contributed by atoms with Gasteiger partial charge < -0.3 is 15.2 Å². The van der Waals surface area contributed by atoms with Crippen LogP contribution in [0.4, 0.5) is 0 Å². The van der Waals surface area contributed by atoms with Crippen LogP contribution in [0, 0.1) is 0 Å². The molecular formula is C16H21N3O. The fourth-order valence-electron chi connectivity index (χ4n) is 3.01. The molecule has 4 nitrogen and oxygen atoms in total. The summed E-state index contributed by atoms with van der Waals surface area (Å²) >= 11 is 0. The second-order valence-electron chi connectivity index (χ2n) is 5.45. The third-order valence-electron chi connectivity index (χ3n) is 4.13. The molecule has 2 N–H and O–H groups in total. The van der Waals surface area contributed by atoms with Crippen LogP contribution in [0.1, 0.15) is 30.1 Å². The van der Waals surface area contributed by atoms with E-state index in [0.29, 0.717) is 0 Å². The normalized spacial score (nSPS) is 20.1. The minimum absolute atomic E-state index is 0.0400. The first-order chi connectivity index (χ1) is 9.78. The maximum Gasteiger partial charge on any atom is 0.252 e. The summed E-state index contributed by atoms with van der Waals surface area (Å²) in [4.78, 5) is 18.0. The van der Waals surface area contributed by atoms with Gasteiger partial charge >= 0.3 is 0 Å². The predicted octanol–water partition coefficient (Wildman–Crippen LogP) is 2.38. The first-order valence-electron chi connectivity index (χ1n) is 7.37. The van der Waals surface area contributed by atoms with Crippen LogP contribution in [-0.4, -0.2) is 41.5 Å². The van der Waals surface area contributed by atoms with Crippen molar-refractivity contribution in [1.29, 1.82) is 0 Å². The van der Waals surface area contributed by atoms with E-state index in [1.165, 1.54) is 0 Å². The highest BCUT2D eigenvalue weighted by atomic mass is 16.1. The van der Waals surface area contributed by atoms with Crippen molar-refractivity contribution >= 4 is 16.8 Å². The summed E-state index contributed by atoms with van der Waals surface area (Å²) in [5, 5.41) is 4.18. The number of amides is 1. The summed E-state index contributed by atoms with van der Waals surface area (Å²) < 4.78 is 0. The quantitative estimate of drug-likeness (QED) is 0.900. The molecule has 1 saturated heterocycles. The van der Waals surface area contributed by atoms with Crippen LogP contribution in [0.15, 0.2) is 30.5 Å². The molecule has 1 aromatic carbocycles. The van der Waals surface area contributed by atoms with Crippen molar-refractivity contribution in [1.82, 2.24) is 15.2 Å². The number of aromatic amines is 1. The van der Waals surface area contributed by atoms with Gasteiger partial charge in [0.1, 0.15) is 0 Å². The highest BCUT2D eigenvalue weighted by Crippen LogP contribution is 2.18. The molecule has 3 rings (SSSR count). The number of hydrogen-bond acceptors (Lipinski definition) is 2. The Kier molecular flexibility index (Phi) is 3.74. The van der Waals surface area contributed by atoms with Gasteiger partial charge in [0, 0.05) is 35.2 Å². The molecule has 0 radical (unpaired) electrons. The molecule has 1 aliphatic rings. The highest BCUT2D eigenvalue weighted by molar-refractivity contribution is 6.06. The minimum atomic E-state index is 0.0400. The van der Waals surface area contributed by atoms with Crippen LogP contribution in [0.5, 0.6) is 0 Å². The fourth-order valence-corrected chi connectivity index (χ4v) is 3.01. The zero-order valence-electron chi connectivity index (χ0n) is 11.9. The molecule has 1 fully saturated rings. The third kappa shape index (κ3) is 2.56. The molecule has 2 heterocycles. The molecule has 0 aliphatic carbocycles. The van der Waals surface area contributed by atoms with E-state index in [9.17, 15) is 4.79 Å². The number of nitrogens with one attached hydrogen (secondary N) is 2. The van der Waals surface area contributed by atoms with E-state index < -0.39 is 0 Å². The Hall–Kier alpha value is -1.81. The number of likely N-dealkylation sites (tertiary alicyclic amines) is 1. The Morgan fingerprint density at radius 3 is 3.20 bits per heavy atom. The SMILES string of the molecule is CCN1CCCC(NC(=O)c2cccc3[nH]ccc23)C1. The maximum absolute atomic E-state index is 12.5. The van der Waals surface area contributed by atoms with E-state index in [4.69, 9.17) is 0 Å². The lowest BCUT2D eigenvalue weighted by molar-refractivity contribution is 0.0907. The number of hydrogen-bond donors (Lipinski definition) is 2. The van der Waals surface area contributed by atoms with Crippen molar-refractivity contribution < 1.29 is 4.79 Å². The lowest BCUT2D eigenvalue weighted by atomic mass is 10.0. The van der Waals surface area contributed by atoms with Gasteiger partial charge in [-0.25, -0.2) is 0 Å². The zero-order valence-corrected chi connectivity index (χ0v) is 11.9. The van der Waals surface area contributed by atoms with Gasteiger partial charge in [-0.2, -0.15) is 0 Å². The summed E-state index contributed by atoms with van der Waals surface area (Å²) in [6, 6.07) is 8.04. The standard InChI is InChI=1S/C16H21N3O/c1-2-19-10-4-5-12(11-19)18-16(20)14-6-3-7-15-13(14)8-9-17-15/h3,6-9,12,17H,2,4-5,10-11H2,1H3,(H,18,20). The molecule has 1 atom stereocenters. The second-order valence-corrected chi connectivity index (χ2v) is 5.45. The molecule has 1 aliphatic heterocycles. The fraction of sp³-hybridized carbons (Fsp3) is 0.438. The molecule has 106 valence electrons. The van der Waals surface area contributed by atoms with E-state index in [-0.39, 0.29) is 11.9 Å². The minimum Gasteiger partial charge on any atom is -0.361 e. The van der Waals surface area contributed by atoms with Crippen LogP contribution < -0.4 is 5.32 Å². The van der Waals surface area contributed by atoms with Crippen molar-refractivity contribution in [2.45, 2.75) is 25.8 Å². The highest BCUT2D eigenvalue weighted by Gasteiger charge is 2.21. The molecule has 1 unspecified atom stereocenters. The third-order valence-corrected chi connectivity index (χ3v) is 4.13. The first kappa shape index (κ1) is 13.2. The molecule has 0 bridgehead atoms. The van der Waals surface area contributed by atoms with Gasteiger partial charge in [0.2, 0.25) is 0 Å². The summed E-state index contributed by atoms with van der Waals surface area (Å²) in [5.74, 6) is 0.0400. The zero-order chi connectivity index (χ0) is 13.9. The van der Waals surface area contributed by atoms with Crippen molar-refractivity contribution in [2.75, 3.05) is 19.6 Å². The van der Waals surface area contributed by atoms with E-state index in [0.717, 1.165) is 48.9 Å². The average Bonchev–Trinajstić information content (AvgIpc) is 2.95. The number of carbonyl (C=O) groups is 1. The van der Waals surface area contributed by atoms with Gasteiger partial charge in [-0.1, -0.05) is 13.0 Å². The van der Waals surface area contributed by atoms with Crippen molar-refractivity contribution in [3.63, 3.8) is 0 Å².